The van der Waals surface area contributed by atoms with Gasteiger partial charge in [-0.05, 0) is 49.1 Å². The maximum atomic E-state index is 12.6. The number of hydrogen-bond acceptors (Lipinski definition) is 4. The average Bonchev–Trinajstić information content (AvgIpc) is 2.83. The Labute approximate surface area is 162 Å². The van der Waals surface area contributed by atoms with Gasteiger partial charge in [0.15, 0.2) is 6.61 Å². The van der Waals surface area contributed by atoms with E-state index in [0.717, 1.165) is 37.1 Å². The molecule has 5 heteroatoms. The number of carbonyl (C=O) groups excluding carboxylic acids is 2. The van der Waals surface area contributed by atoms with Crippen molar-refractivity contribution in [1.82, 2.24) is 4.90 Å². The molecule has 27 heavy (non-hydrogen) atoms. The first-order chi connectivity index (χ1) is 12.7. The van der Waals surface area contributed by atoms with Gasteiger partial charge in [0.2, 0.25) is 0 Å². The Bertz CT molecular complexity index is 697. The van der Waals surface area contributed by atoms with Crippen molar-refractivity contribution in [2.45, 2.75) is 59.4 Å². The third-order valence-electron chi connectivity index (χ3n) is 5.69. The molecule has 2 aliphatic rings. The lowest BCUT2D eigenvalue weighted by molar-refractivity contribution is -0.152. The number of amides is 1. The van der Waals surface area contributed by atoms with E-state index in [1.54, 1.807) is 0 Å². The number of carbonyl (C=O) groups is 2. The first-order valence-corrected chi connectivity index (χ1v) is 9.80. The highest BCUT2D eigenvalue weighted by Crippen LogP contribution is 2.52. The molecule has 0 radical (unpaired) electrons. The van der Waals surface area contributed by atoms with Crippen LogP contribution in [0, 0.1) is 17.8 Å². The Morgan fingerprint density at radius 1 is 1.15 bits per heavy atom. The number of ether oxygens (including phenoxy) is 2. The summed E-state index contributed by atoms with van der Waals surface area (Å²) < 4.78 is 10.7. The second-order valence-corrected chi connectivity index (χ2v) is 9.31. The van der Waals surface area contributed by atoms with Crippen molar-refractivity contribution in [2.24, 2.45) is 10.8 Å². The van der Waals surface area contributed by atoms with Crippen molar-refractivity contribution in [3.8, 4) is 5.75 Å². The molecule has 1 amide bonds. The predicted molar refractivity (Wildman–Crippen MR) is 103 cm³/mol. The molecule has 2 bridgehead atoms. The summed E-state index contributed by atoms with van der Waals surface area (Å²) in [5.41, 5.74) is 1.61. The number of fused-ring (bicyclic) bond motifs is 2. The Morgan fingerprint density at radius 2 is 1.85 bits per heavy atom. The van der Waals surface area contributed by atoms with Gasteiger partial charge in [-0.1, -0.05) is 38.5 Å². The zero-order valence-electron chi connectivity index (χ0n) is 16.9. The molecular weight excluding hydrogens is 342 g/mol. The van der Waals surface area contributed by atoms with Crippen molar-refractivity contribution in [2.75, 3.05) is 19.8 Å². The van der Waals surface area contributed by atoms with Crippen LogP contribution in [0.4, 0.5) is 0 Å². The smallest absolute Gasteiger partial charge is 0.309 e. The molecule has 2 atom stereocenters. The van der Waals surface area contributed by atoms with Crippen LogP contribution >= 0.6 is 0 Å². The molecule has 2 fully saturated rings. The minimum atomic E-state index is -0.399. The molecule has 1 aromatic carbocycles. The van der Waals surface area contributed by atoms with E-state index in [-0.39, 0.29) is 42.4 Å². The van der Waals surface area contributed by atoms with Crippen LogP contribution in [0.3, 0.4) is 0 Å². The van der Waals surface area contributed by atoms with Gasteiger partial charge in [0, 0.05) is 12.6 Å². The van der Waals surface area contributed by atoms with E-state index in [9.17, 15) is 9.59 Å². The molecule has 1 aliphatic heterocycles. The normalized spacial score (nSPS) is 25.9. The monoisotopic (exact) mass is 373 g/mol. The summed E-state index contributed by atoms with van der Waals surface area (Å²) in [6.45, 7) is 9.67. The van der Waals surface area contributed by atoms with E-state index in [2.05, 4.69) is 20.8 Å². The standard InChI is InChI=1S/C22H31NO4/c1-16-5-7-18(8-6-16)26-10-9-20(25)27-13-19(24)23-15-22(4)12-17(23)11-21(2,3)14-22/h5-8,17H,9-15H2,1-4H3/t17-,22+/m1/s1. The van der Waals surface area contributed by atoms with Crippen LogP contribution in [0.1, 0.15) is 52.0 Å². The number of nitrogens with zero attached hydrogens (tertiary/aromatic N) is 1. The molecule has 0 aromatic heterocycles. The van der Waals surface area contributed by atoms with E-state index in [0.29, 0.717) is 0 Å². The summed E-state index contributed by atoms with van der Waals surface area (Å²) in [6.07, 6.45) is 3.35. The van der Waals surface area contributed by atoms with Gasteiger partial charge in [-0.3, -0.25) is 9.59 Å². The zero-order valence-corrected chi connectivity index (χ0v) is 16.9. The number of benzene rings is 1. The van der Waals surface area contributed by atoms with Crippen LogP contribution in [0.25, 0.3) is 0 Å². The van der Waals surface area contributed by atoms with Crippen LogP contribution in [0.2, 0.25) is 0 Å². The SMILES string of the molecule is Cc1ccc(OCCC(=O)OCC(=O)N2C[C@@]3(C)C[C@H]2CC(C)(C)C3)cc1. The first kappa shape index (κ1) is 19.7. The molecule has 0 spiro atoms. The minimum Gasteiger partial charge on any atom is -0.493 e. The lowest BCUT2D eigenvalue weighted by atomic mass is 9.65. The highest BCUT2D eigenvalue weighted by Gasteiger charge is 2.50. The fourth-order valence-corrected chi connectivity index (χ4v) is 4.94. The average molecular weight is 373 g/mol. The summed E-state index contributed by atoms with van der Waals surface area (Å²) in [5.74, 6) is 0.253. The van der Waals surface area contributed by atoms with Crippen molar-refractivity contribution in [3.05, 3.63) is 29.8 Å². The van der Waals surface area contributed by atoms with Gasteiger partial charge in [-0.15, -0.1) is 0 Å². The number of likely N-dealkylation sites (tertiary alicyclic amines) is 1. The highest BCUT2D eigenvalue weighted by molar-refractivity contribution is 5.81. The lowest BCUT2D eigenvalue weighted by Crippen LogP contribution is -2.39. The first-order valence-electron chi connectivity index (χ1n) is 9.80. The van der Waals surface area contributed by atoms with E-state index in [1.165, 1.54) is 0 Å². The number of aryl methyl sites for hydroxylation is 1. The molecule has 1 saturated carbocycles. The third-order valence-corrected chi connectivity index (χ3v) is 5.69. The summed E-state index contributed by atoms with van der Waals surface area (Å²) in [5, 5.41) is 0. The minimum absolute atomic E-state index is 0.0748. The van der Waals surface area contributed by atoms with Crippen LogP contribution in [0.5, 0.6) is 5.75 Å². The van der Waals surface area contributed by atoms with Gasteiger partial charge in [0.05, 0.1) is 13.0 Å². The van der Waals surface area contributed by atoms with Crippen molar-refractivity contribution < 1.29 is 19.1 Å². The van der Waals surface area contributed by atoms with E-state index >= 15 is 0 Å². The van der Waals surface area contributed by atoms with Gasteiger partial charge in [0.1, 0.15) is 5.75 Å². The second kappa shape index (κ2) is 7.53. The summed E-state index contributed by atoms with van der Waals surface area (Å²) >= 11 is 0. The number of hydrogen-bond donors (Lipinski definition) is 0. The molecule has 1 saturated heterocycles. The van der Waals surface area contributed by atoms with Crippen molar-refractivity contribution >= 4 is 11.9 Å². The van der Waals surface area contributed by atoms with Gasteiger partial charge in [-0.2, -0.15) is 0 Å². The van der Waals surface area contributed by atoms with Gasteiger partial charge >= 0.3 is 5.97 Å². The van der Waals surface area contributed by atoms with E-state index in [4.69, 9.17) is 9.47 Å². The van der Waals surface area contributed by atoms with Crippen LogP contribution < -0.4 is 4.74 Å². The highest BCUT2D eigenvalue weighted by atomic mass is 16.5. The number of rotatable bonds is 6. The van der Waals surface area contributed by atoms with Gasteiger partial charge < -0.3 is 14.4 Å². The fraction of sp³-hybridized carbons (Fsp3) is 0.636. The maximum Gasteiger partial charge on any atom is 0.309 e. The third kappa shape index (κ3) is 5.02. The second-order valence-electron chi connectivity index (χ2n) is 9.31. The quantitative estimate of drug-likeness (QED) is 0.713. The van der Waals surface area contributed by atoms with Crippen LogP contribution in [-0.4, -0.2) is 42.6 Å². The zero-order chi connectivity index (χ0) is 19.7. The Kier molecular flexibility index (Phi) is 5.50. The molecule has 0 unspecified atom stereocenters. The molecule has 1 aromatic rings. The molecule has 1 aliphatic carbocycles. The molecule has 0 N–H and O–H groups in total. The largest absolute Gasteiger partial charge is 0.493 e. The van der Waals surface area contributed by atoms with Crippen LogP contribution in [-0.2, 0) is 14.3 Å². The van der Waals surface area contributed by atoms with Gasteiger partial charge in [0.25, 0.3) is 5.91 Å². The predicted octanol–water partition coefficient (Wildman–Crippen LogP) is 3.73. The molecule has 5 nitrogen and oxygen atoms in total. The molecule has 3 rings (SSSR count). The summed E-state index contributed by atoms with van der Waals surface area (Å²) in [7, 11) is 0. The maximum absolute atomic E-state index is 12.6. The Balaban J connectivity index is 1.41. The van der Waals surface area contributed by atoms with Gasteiger partial charge in [-0.25, -0.2) is 0 Å². The van der Waals surface area contributed by atoms with Crippen molar-refractivity contribution in [1.29, 1.82) is 0 Å². The Hall–Kier alpha value is -2.04. The van der Waals surface area contributed by atoms with Crippen LogP contribution in [0.15, 0.2) is 24.3 Å². The Morgan fingerprint density at radius 3 is 2.56 bits per heavy atom. The van der Waals surface area contributed by atoms with E-state index < -0.39 is 5.97 Å². The molecular formula is C22H31NO4. The fourth-order valence-electron chi connectivity index (χ4n) is 4.94. The summed E-state index contributed by atoms with van der Waals surface area (Å²) in [4.78, 5) is 26.5. The lowest BCUT2D eigenvalue weighted by Gasteiger charge is -2.39. The molecule has 148 valence electrons. The summed E-state index contributed by atoms with van der Waals surface area (Å²) in [6, 6.07) is 7.94. The van der Waals surface area contributed by atoms with E-state index in [1.807, 2.05) is 36.1 Å². The van der Waals surface area contributed by atoms with Crippen molar-refractivity contribution in [3.63, 3.8) is 0 Å². The topological polar surface area (TPSA) is 55.8 Å². The molecule has 1 heterocycles. The number of esters is 1.